The number of aromatic hydroxyl groups is 1. The topological polar surface area (TPSA) is 105 Å². The van der Waals surface area contributed by atoms with Crippen LogP contribution in [0.4, 0.5) is 0 Å². The number of rotatable bonds is 2. The molecular formula is C14H23NO5. The first-order valence-corrected chi connectivity index (χ1v) is 6.40. The molecule has 1 unspecified atom stereocenters. The molecule has 0 amide bonds. The van der Waals surface area contributed by atoms with Crippen molar-refractivity contribution in [2.45, 2.75) is 25.9 Å². The van der Waals surface area contributed by atoms with Gasteiger partial charge in [0, 0.05) is 5.41 Å². The maximum Gasteiger partial charge on any atom is 0.298 e. The van der Waals surface area contributed by atoms with Gasteiger partial charge in [-0.25, -0.2) is 0 Å². The van der Waals surface area contributed by atoms with E-state index in [4.69, 9.17) is 25.4 Å². The number of hydrogen-bond donors (Lipinski definition) is 4. The molecule has 1 saturated heterocycles. The van der Waals surface area contributed by atoms with Gasteiger partial charge in [-0.15, -0.1) is 0 Å². The Kier molecular flexibility index (Phi) is 5.91. The summed E-state index contributed by atoms with van der Waals surface area (Å²) in [7, 11) is 0. The van der Waals surface area contributed by atoms with Gasteiger partial charge in [-0.1, -0.05) is 32.0 Å². The Hall–Kier alpha value is -1.18. The van der Waals surface area contributed by atoms with Gasteiger partial charge in [-0.2, -0.15) is 0 Å². The number of benzene rings is 1. The van der Waals surface area contributed by atoms with Crippen LogP contribution in [0.15, 0.2) is 30.3 Å². The summed E-state index contributed by atoms with van der Waals surface area (Å²) in [5, 5.41) is 27.0. The van der Waals surface area contributed by atoms with Gasteiger partial charge >= 0.3 is 0 Å². The van der Waals surface area contributed by atoms with Crippen LogP contribution in [0.5, 0.6) is 5.75 Å². The van der Waals surface area contributed by atoms with Crippen molar-refractivity contribution < 1.29 is 24.8 Å². The summed E-state index contributed by atoms with van der Waals surface area (Å²) in [6.45, 7) is 4.25. The predicted molar refractivity (Wildman–Crippen MR) is 73.8 cm³/mol. The Labute approximate surface area is 118 Å². The van der Waals surface area contributed by atoms with Gasteiger partial charge in [0.1, 0.15) is 11.8 Å². The molecule has 0 bridgehead atoms. The van der Waals surface area contributed by atoms with E-state index in [1.165, 1.54) is 0 Å². The quantitative estimate of drug-likeness (QED) is 0.627. The summed E-state index contributed by atoms with van der Waals surface area (Å²) in [5.74, 6) is -1.51. The van der Waals surface area contributed by atoms with Crippen molar-refractivity contribution in [2.24, 2.45) is 11.1 Å². The fourth-order valence-electron chi connectivity index (χ4n) is 1.44. The van der Waals surface area contributed by atoms with Gasteiger partial charge in [0.2, 0.25) is 0 Å². The van der Waals surface area contributed by atoms with Gasteiger partial charge < -0.3 is 30.5 Å². The van der Waals surface area contributed by atoms with E-state index in [9.17, 15) is 5.11 Å². The molecule has 6 nitrogen and oxygen atoms in total. The van der Waals surface area contributed by atoms with Gasteiger partial charge in [0.15, 0.2) is 0 Å². The van der Waals surface area contributed by atoms with Crippen molar-refractivity contribution in [3.8, 4) is 5.75 Å². The molecule has 1 atom stereocenters. The van der Waals surface area contributed by atoms with E-state index in [0.717, 1.165) is 0 Å². The molecule has 1 aliphatic rings. The molecular weight excluding hydrogens is 262 g/mol. The molecule has 1 heterocycles. The van der Waals surface area contributed by atoms with E-state index in [0.29, 0.717) is 19.0 Å². The highest BCUT2D eigenvalue weighted by Gasteiger charge is 2.43. The van der Waals surface area contributed by atoms with E-state index in [1.54, 1.807) is 24.3 Å². The largest absolute Gasteiger partial charge is 0.508 e. The molecule has 2 rings (SSSR count). The van der Waals surface area contributed by atoms with Crippen LogP contribution in [-0.4, -0.2) is 47.2 Å². The minimum atomic E-state index is -1.83. The molecule has 0 aliphatic carbocycles. The van der Waals surface area contributed by atoms with E-state index in [2.05, 4.69) is 0 Å². The molecule has 0 aromatic heterocycles. The Morgan fingerprint density at radius 2 is 1.70 bits per heavy atom. The highest BCUT2D eigenvalue weighted by atomic mass is 16.8. The Balaban J connectivity index is 0.000000240. The summed E-state index contributed by atoms with van der Waals surface area (Å²) in [4.78, 5) is 0. The van der Waals surface area contributed by atoms with Crippen LogP contribution in [0.3, 0.4) is 0 Å². The molecule has 1 fully saturated rings. The summed E-state index contributed by atoms with van der Waals surface area (Å²) < 4.78 is 10.2. The van der Waals surface area contributed by atoms with Crippen LogP contribution in [0.2, 0.25) is 0 Å². The third kappa shape index (κ3) is 5.07. The second kappa shape index (κ2) is 7.01. The third-order valence-corrected chi connectivity index (χ3v) is 2.76. The third-order valence-electron chi connectivity index (χ3n) is 2.76. The molecule has 0 radical (unpaired) electrons. The molecule has 114 valence electrons. The lowest BCUT2D eigenvalue weighted by atomic mass is 9.95. The minimum absolute atomic E-state index is 0.124. The Bertz CT molecular complexity index is 386. The number of phenols is 1. The highest BCUT2D eigenvalue weighted by Crippen LogP contribution is 2.28. The fraction of sp³-hybridized carbons (Fsp3) is 0.571. The standard InChI is InChI=1S/C8H17NO4.C6H6O/c1-7(2)4-12-8(11,13-5-7)6(9)3-10;7-6-4-2-1-3-5-6/h6,10-11H,3-5,9H2,1-2H3;1-5,7H. The number of phenolic OH excluding ortho intramolecular Hbond substituents is 1. The van der Waals surface area contributed by atoms with E-state index in [-0.39, 0.29) is 12.0 Å². The van der Waals surface area contributed by atoms with E-state index < -0.39 is 12.0 Å². The Morgan fingerprint density at radius 3 is 2.05 bits per heavy atom. The van der Waals surface area contributed by atoms with Crippen LogP contribution in [0.25, 0.3) is 0 Å². The van der Waals surface area contributed by atoms with Crippen LogP contribution in [0.1, 0.15) is 13.8 Å². The predicted octanol–water partition coefficient (Wildman–Crippen LogP) is 0.417. The second-order valence-electron chi connectivity index (χ2n) is 5.50. The van der Waals surface area contributed by atoms with Gasteiger partial charge in [0.05, 0.1) is 19.8 Å². The SMILES string of the molecule is CC1(C)COC(O)(C(N)CO)OC1.Oc1ccccc1. The monoisotopic (exact) mass is 285 g/mol. The second-order valence-corrected chi connectivity index (χ2v) is 5.50. The zero-order valence-corrected chi connectivity index (χ0v) is 11.8. The highest BCUT2D eigenvalue weighted by molar-refractivity contribution is 5.18. The minimum Gasteiger partial charge on any atom is -0.508 e. The molecule has 20 heavy (non-hydrogen) atoms. The van der Waals surface area contributed by atoms with Crippen molar-refractivity contribution in [3.05, 3.63) is 30.3 Å². The lowest BCUT2D eigenvalue weighted by Gasteiger charge is -2.41. The first-order chi connectivity index (χ1) is 9.29. The maximum absolute atomic E-state index is 9.64. The summed E-state index contributed by atoms with van der Waals surface area (Å²) >= 11 is 0. The number of ether oxygens (including phenoxy) is 2. The fourth-order valence-corrected chi connectivity index (χ4v) is 1.44. The lowest BCUT2D eigenvalue weighted by molar-refractivity contribution is -0.410. The van der Waals surface area contributed by atoms with Gasteiger partial charge in [-0.3, -0.25) is 0 Å². The van der Waals surface area contributed by atoms with Crippen molar-refractivity contribution in [1.29, 1.82) is 0 Å². The average molecular weight is 285 g/mol. The summed E-state index contributed by atoms with van der Waals surface area (Å²) in [6, 6.07) is 7.79. The number of aliphatic hydroxyl groups is 2. The van der Waals surface area contributed by atoms with Crippen molar-refractivity contribution >= 4 is 0 Å². The van der Waals surface area contributed by atoms with Crippen LogP contribution >= 0.6 is 0 Å². The maximum atomic E-state index is 9.64. The number of nitrogens with two attached hydrogens (primary N) is 1. The van der Waals surface area contributed by atoms with Crippen molar-refractivity contribution in [2.75, 3.05) is 19.8 Å². The molecule has 5 N–H and O–H groups in total. The normalized spacial score (nSPS) is 21.4. The average Bonchev–Trinajstić information content (AvgIpc) is 2.43. The van der Waals surface area contributed by atoms with E-state index >= 15 is 0 Å². The number of hydrogen-bond acceptors (Lipinski definition) is 6. The lowest BCUT2D eigenvalue weighted by Crippen LogP contribution is -2.59. The summed E-state index contributed by atoms with van der Waals surface area (Å²) in [6.07, 6.45) is 0. The van der Waals surface area contributed by atoms with Crippen molar-refractivity contribution in [3.63, 3.8) is 0 Å². The number of aliphatic hydroxyl groups excluding tert-OH is 1. The van der Waals surface area contributed by atoms with Gasteiger partial charge in [-0.05, 0) is 12.1 Å². The van der Waals surface area contributed by atoms with Crippen LogP contribution in [-0.2, 0) is 9.47 Å². The molecule has 0 spiro atoms. The zero-order valence-electron chi connectivity index (χ0n) is 11.8. The van der Waals surface area contributed by atoms with Crippen molar-refractivity contribution in [1.82, 2.24) is 0 Å². The molecule has 1 aromatic carbocycles. The molecule has 1 aromatic rings. The molecule has 0 saturated carbocycles. The van der Waals surface area contributed by atoms with Gasteiger partial charge in [0.25, 0.3) is 5.97 Å². The van der Waals surface area contributed by atoms with Crippen LogP contribution < -0.4 is 5.73 Å². The molecule has 6 heteroatoms. The molecule has 1 aliphatic heterocycles. The summed E-state index contributed by atoms with van der Waals surface area (Å²) in [5.41, 5.74) is 5.30. The first-order valence-electron chi connectivity index (χ1n) is 6.40. The number of para-hydroxylation sites is 1. The zero-order chi connectivity index (χ0) is 15.2. The Morgan fingerprint density at radius 1 is 1.20 bits per heavy atom. The smallest absolute Gasteiger partial charge is 0.298 e. The van der Waals surface area contributed by atoms with E-state index in [1.807, 2.05) is 19.9 Å². The van der Waals surface area contributed by atoms with Crippen LogP contribution in [0, 0.1) is 5.41 Å². The first kappa shape index (κ1) is 16.9.